The number of imidazole rings is 1. The monoisotopic (exact) mass is 487 g/mol. The average Bonchev–Trinajstić information content (AvgIpc) is 3.11. The van der Waals surface area contributed by atoms with E-state index in [9.17, 15) is 9.69 Å². The lowest BCUT2D eigenvalue weighted by atomic mass is 10.2. The molecule has 0 spiro atoms. The van der Waals surface area contributed by atoms with Gasteiger partial charge in [-0.1, -0.05) is 54.7 Å². The minimum Gasteiger partial charge on any atom is -0.461 e. The third-order valence-electron chi connectivity index (χ3n) is 4.75. The van der Waals surface area contributed by atoms with Crippen molar-refractivity contribution in [2.75, 3.05) is 38.4 Å². The van der Waals surface area contributed by atoms with Crippen LogP contribution in [0.1, 0.15) is 20.3 Å². The Balaban J connectivity index is 2.11. The summed E-state index contributed by atoms with van der Waals surface area (Å²) in [5.41, 5.74) is 8.35. The molecule has 0 radical (unpaired) electrons. The Morgan fingerprint density at radius 1 is 1.29 bits per heavy atom. The molecule has 2 heterocycles. The number of aromatic nitrogens is 4. The summed E-state index contributed by atoms with van der Waals surface area (Å²) in [6.07, 6.45) is 15.7. The number of allylic oxidation sites excluding steroid dienone is 9. The van der Waals surface area contributed by atoms with E-state index in [1.54, 1.807) is 13.2 Å². The molecular weight excluding hydrogens is 453 g/mol. The molecule has 34 heavy (non-hydrogen) atoms. The van der Waals surface area contributed by atoms with Crippen molar-refractivity contribution in [2.24, 2.45) is 0 Å². The summed E-state index contributed by atoms with van der Waals surface area (Å²) < 4.78 is 11.9. The van der Waals surface area contributed by atoms with Gasteiger partial charge in [0.15, 0.2) is 11.5 Å². The fourth-order valence-corrected chi connectivity index (χ4v) is 4.31. The van der Waals surface area contributed by atoms with Crippen molar-refractivity contribution in [3.8, 4) is 6.01 Å². The molecule has 0 aliphatic carbocycles. The lowest BCUT2D eigenvalue weighted by Gasteiger charge is -2.10. The van der Waals surface area contributed by atoms with Gasteiger partial charge in [0.2, 0.25) is 0 Å². The van der Waals surface area contributed by atoms with Gasteiger partial charge in [0.25, 0.3) is 0 Å². The van der Waals surface area contributed by atoms with Gasteiger partial charge in [-0.2, -0.15) is 9.97 Å². The van der Waals surface area contributed by atoms with Crippen molar-refractivity contribution in [2.45, 2.75) is 26.8 Å². The van der Waals surface area contributed by atoms with E-state index in [1.165, 1.54) is 4.57 Å². The first-order valence-corrected chi connectivity index (χ1v) is 12.6. The summed E-state index contributed by atoms with van der Waals surface area (Å²) in [7, 11) is 0.423. The summed E-state index contributed by atoms with van der Waals surface area (Å²) in [6, 6.07) is 0.0857. The number of aromatic amines is 1. The zero-order valence-electron chi connectivity index (χ0n) is 20.0. The molecule has 9 nitrogen and oxygen atoms in total. The number of nitrogens with zero attached hydrogens (tertiary/aromatic N) is 3. The number of hydrogen-bond donors (Lipinski definition) is 3. The standard InChI is InChI=1S/C24H34N5O4P/c1-5-7-8-9-10-11-14-34(31)17-18(3)15-19(6-2)16-29-22-20(26-24(29)30)21(25)27-23(28-22)33-13-12-32-4/h5-8,10-11,15,31H,1,9,12-14,16-17H2,2-4H3,(H,26,30)(H2,25,27,28)/b8-7-,11-10-,18-15+,19-6+. The molecule has 0 saturated carbocycles. The van der Waals surface area contributed by atoms with Gasteiger partial charge in [0.1, 0.15) is 12.1 Å². The fraction of sp³-hybridized carbons (Fsp3) is 0.375. The van der Waals surface area contributed by atoms with Gasteiger partial charge in [-0.15, -0.1) is 0 Å². The Hall–Kier alpha value is -3.00. The van der Waals surface area contributed by atoms with Gasteiger partial charge in [0.05, 0.1) is 13.2 Å². The maximum absolute atomic E-state index is 12.6. The van der Waals surface area contributed by atoms with Crippen molar-refractivity contribution in [1.29, 1.82) is 0 Å². The number of ether oxygens (including phenoxy) is 2. The summed E-state index contributed by atoms with van der Waals surface area (Å²) in [6.45, 7) is 8.45. The van der Waals surface area contributed by atoms with Crippen LogP contribution in [0.25, 0.3) is 11.2 Å². The van der Waals surface area contributed by atoms with E-state index in [-0.39, 0.29) is 24.1 Å². The predicted octanol–water partition coefficient (Wildman–Crippen LogP) is 3.70. The van der Waals surface area contributed by atoms with Crippen LogP contribution >= 0.6 is 8.15 Å². The van der Waals surface area contributed by atoms with E-state index in [1.807, 2.05) is 50.3 Å². The summed E-state index contributed by atoms with van der Waals surface area (Å²) in [5, 5.41) is 0. The first-order chi connectivity index (χ1) is 16.4. The number of hydrogen-bond acceptors (Lipinski definition) is 7. The Bertz CT molecular complexity index is 1130. The molecule has 2 aromatic heterocycles. The van der Waals surface area contributed by atoms with E-state index in [2.05, 4.69) is 21.5 Å². The molecule has 0 saturated heterocycles. The van der Waals surface area contributed by atoms with Crippen LogP contribution < -0.4 is 16.2 Å². The van der Waals surface area contributed by atoms with Crippen LogP contribution in [0.3, 0.4) is 0 Å². The molecule has 0 bridgehead atoms. The molecule has 184 valence electrons. The van der Waals surface area contributed by atoms with E-state index >= 15 is 0 Å². The molecular formula is C24H34N5O4P. The third kappa shape index (κ3) is 8.41. The molecule has 1 atom stereocenters. The molecule has 2 aromatic rings. The molecule has 0 aliphatic heterocycles. The largest absolute Gasteiger partial charge is 0.461 e. The van der Waals surface area contributed by atoms with Crippen LogP contribution in [0, 0.1) is 0 Å². The van der Waals surface area contributed by atoms with Crippen LogP contribution in [0.2, 0.25) is 0 Å². The van der Waals surface area contributed by atoms with Crippen molar-refractivity contribution in [3.63, 3.8) is 0 Å². The second-order valence-corrected chi connectivity index (χ2v) is 9.21. The quantitative estimate of drug-likeness (QED) is 0.160. The highest BCUT2D eigenvalue weighted by atomic mass is 31.1. The number of H-pyrrole nitrogens is 1. The Labute approximate surface area is 201 Å². The molecule has 0 fully saturated rings. The second-order valence-electron chi connectivity index (χ2n) is 7.52. The highest BCUT2D eigenvalue weighted by Gasteiger charge is 2.15. The average molecular weight is 488 g/mol. The number of fused-ring (bicyclic) bond motifs is 1. The number of nitrogens with two attached hydrogens (primary N) is 1. The van der Waals surface area contributed by atoms with Crippen molar-refractivity contribution >= 4 is 25.1 Å². The molecule has 4 N–H and O–H groups in total. The van der Waals surface area contributed by atoms with Gasteiger partial charge in [-0.25, -0.2) is 4.79 Å². The Morgan fingerprint density at radius 2 is 2.09 bits per heavy atom. The topological polar surface area (TPSA) is 128 Å². The van der Waals surface area contributed by atoms with Gasteiger partial charge in [0, 0.05) is 27.6 Å². The summed E-state index contributed by atoms with van der Waals surface area (Å²) in [4.78, 5) is 34.2. The van der Waals surface area contributed by atoms with E-state index in [4.69, 9.17) is 15.2 Å². The first kappa shape index (κ1) is 27.2. The minimum absolute atomic E-state index is 0.0857. The predicted molar refractivity (Wildman–Crippen MR) is 139 cm³/mol. The zero-order valence-corrected chi connectivity index (χ0v) is 20.9. The number of nitrogens with one attached hydrogen (secondary N) is 1. The molecule has 10 heteroatoms. The first-order valence-electron chi connectivity index (χ1n) is 11.0. The highest BCUT2D eigenvalue weighted by molar-refractivity contribution is 7.51. The molecule has 0 amide bonds. The van der Waals surface area contributed by atoms with Crippen LogP contribution in [-0.2, 0) is 11.3 Å². The second kappa shape index (κ2) is 14.3. The van der Waals surface area contributed by atoms with E-state index < -0.39 is 8.15 Å². The lowest BCUT2D eigenvalue weighted by molar-refractivity contribution is 0.141. The SMILES string of the molecule is C=C/C=C\C/C=C\CP(O)C/C(C)=C/C(=C\C)Cn1c(=O)[nH]c2c(N)nc(OCCOC)nc21. The van der Waals surface area contributed by atoms with Crippen molar-refractivity contribution in [3.05, 3.63) is 70.7 Å². The fourth-order valence-electron chi connectivity index (χ4n) is 3.12. The van der Waals surface area contributed by atoms with Gasteiger partial charge < -0.3 is 25.1 Å². The van der Waals surface area contributed by atoms with Crippen molar-refractivity contribution in [1.82, 2.24) is 19.5 Å². The number of anilines is 1. The van der Waals surface area contributed by atoms with Gasteiger partial charge in [-0.05, 0) is 25.8 Å². The maximum Gasteiger partial charge on any atom is 0.328 e. The molecule has 1 unspecified atom stereocenters. The van der Waals surface area contributed by atoms with Crippen molar-refractivity contribution < 1.29 is 14.4 Å². The van der Waals surface area contributed by atoms with Gasteiger partial charge >= 0.3 is 11.7 Å². The van der Waals surface area contributed by atoms with Crippen LogP contribution in [-0.4, -0.2) is 57.1 Å². The number of methoxy groups -OCH3 is 1. The van der Waals surface area contributed by atoms with Crippen LogP contribution in [0.15, 0.2) is 65.1 Å². The summed E-state index contributed by atoms with van der Waals surface area (Å²) >= 11 is 0. The smallest absolute Gasteiger partial charge is 0.328 e. The Morgan fingerprint density at radius 3 is 2.79 bits per heavy atom. The minimum atomic E-state index is -1.15. The maximum atomic E-state index is 12.6. The normalized spacial score (nSPS) is 13.9. The van der Waals surface area contributed by atoms with E-state index in [0.29, 0.717) is 36.6 Å². The third-order valence-corrected chi connectivity index (χ3v) is 6.25. The summed E-state index contributed by atoms with van der Waals surface area (Å²) in [5.74, 6) is 0.140. The van der Waals surface area contributed by atoms with Crippen LogP contribution in [0.4, 0.5) is 5.82 Å². The number of nitrogen functional groups attached to an aromatic ring is 1. The molecule has 0 aliphatic rings. The molecule has 0 aromatic carbocycles. The van der Waals surface area contributed by atoms with Gasteiger partial charge in [-0.3, -0.25) is 4.57 Å². The van der Waals surface area contributed by atoms with Crippen LogP contribution in [0.5, 0.6) is 6.01 Å². The lowest BCUT2D eigenvalue weighted by Crippen LogP contribution is -2.18. The number of rotatable bonds is 14. The zero-order chi connectivity index (χ0) is 24.9. The molecule has 2 rings (SSSR count). The van der Waals surface area contributed by atoms with E-state index in [0.717, 1.165) is 17.6 Å². The Kier molecular flexibility index (Phi) is 11.5. The highest BCUT2D eigenvalue weighted by Crippen LogP contribution is 2.32.